The minimum Gasteiger partial charge on any atom is -0.489 e. The molecule has 166 valence electrons. The van der Waals surface area contributed by atoms with Crippen LogP contribution in [0.1, 0.15) is 57.8 Å². The minimum absolute atomic E-state index is 0.126. The molecule has 0 unspecified atom stereocenters. The molecule has 0 spiro atoms. The Bertz CT molecular complexity index is 1040. The molecule has 0 saturated heterocycles. The summed E-state index contributed by atoms with van der Waals surface area (Å²) in [6.45, 7) is 9.14. The lowest BCUT2D eigenvalue weighted by Gasteiger charge is -2.18. The van der Waals surface area contributed by atoms with Crippen LogP contribution in [0.3, 0.4) is 0 Å². The van der Waals surface area contributed by atoms with E-state index in [9.17, 15) is 13.2 Å². The van der Waals surface area contributed by atoms with Crippen LogP contribution in [-0.2, 0) is 14.8 Å². The van der Waals surface area contributed by atoms with Gasteiger partial charge in [-0.1, -0.05) is 11.3 Å². The van der Waals surface area contributed by atoms with Gasteiger partial charge in [-0.2, -0.15) is 4.98 Å². The molecule has 2 atom stereocenters. The number of nitrogens with one attached hydrogen (secondary N) is 1. The average molecular weight is 457 g/mol. The van der Waals surface area contributed by atoms with Crippen LogP contribution in [0.15, 0.2) is 12.1 Å². The second-order valence-corrected chi connectivity index (χ2v) is 11.3. The molecular weight excluding hydrogens is 428 g/mol. The molecule has 10 heteroatoms. The van der Waals surface area contributed by atoms with E-state index in [-0.39, 0.29) is 23.9 Å². The van der Waals surface area contributed by atoms with Crippen LogP contribution in [0, 0.1) is 0 Å². The lowest BCUT2D eigenvalue weighted by molar-refractivity contribution is 0.0232. The van der Waals surface area contributed by atoms with Crippen LogP contribution in [0.25, 0.3) is 10.2 Å². The fourth-order valence-electron chi connectivity index (χ4n) is 2.70. The number of fused-ring (bicyclic) bond motifs is 1. The molecule has 1 aromatic heterocycles. The highest BCUT2D eigenvalue weighted by Crippen LogP contribution is 2.42. The average Bonchev–Trinajstić information content (AvgIpc) is 3.29. The van der Waals surface area contributed by atoms with E-state index in [1.165, 1.54) is 17.4 Å². The molecule has 1 saturated carbocycles. The predicted molar refractivity (Wildman–Crippen MR) is 116 cm³/mol. The van der Waals surface area contributed by atoms with Crippen molar-refractivity contribution in [1.82, 2.24) is 9.71 Å². The topological polar surface area (TPSA) is 104 Å². The second-order valence-electron chi connectivity index (χ2n) is 8.12. The lowest BCUT2D eigenvalue weighted by atomic mass is 10.2. The fourth-order valence-corrected chi connectivity index (χ4v) is 4.90. The Kier molecular flexibility index (Phi) is 6.31. The van der Waals surface area contributed by atoms with Crippen molar-refractivity contribution >= 4 is 37.5 Å². The van der Waals surface area contributed by atoms with Gasteiger partial charge in [-0.3, -0.25) is 4.79 Å². The van der Waals surface area contributed by atoms with Crippen molar-refractivity contribution < 1.29 is 27.4 Å². The highest BCUT2D eigenvalue weighted by atomic mass is 32.2. The van der Waals surface area contributed by atoms with Crippen molar-refractivity contribution in [1.29, 1.82) is 0 Å². The zero-order valence-electron chi connectivity index (χ0n) is 18.0. The number of methoxy groups -OCH3 is 1. The fraction of sp³-hybridized carbons (Fsp3) is 0.600. The standard InChI is InChI=1S/C20H28N2O6S2/c1-11(2)27-15-9-14(18(23)22-30(24,25)20(5)7-8-20)10-16-17(15)21-19(29-16)28-13(4)12(3)26-6/h9-13H,7-8H2,1-6H3,(H,22,23)/t12-,13+/m0/s1. The summed E-state index contributed by atoms with van der Waals surface area (Å²) in [5, 5.41) is 0.422. The maximum Gasteiger partial charge on any atom is 0.274 e. The van der Waals surface area contributed by atoms with E-state index >= 15 is 0 Å². The van der Waals surface area contributed by atoms with Crippen molar-refractivity contribution in [3.8, 4) is 10.9 Å². The number of aromatic nitrogens is 1. The Morgan fingerprint density at radius 3 is 2.40 bits per heavy atom. The number of carbonyl (C=O) groups is 1. The Morgan fingerprint density at radius 2 is 1.83 bits per heavy atom. The summed E-state index contributed by atoms with van der Waals surface area (Å²) in [5.74, 6) is -0.280. The zero-order chi connectivity index (χ0) is 22.3. The first-order chi connectivity index (χ1) is 14.0. The molecule has 1 aromatic carbocycles. The third kappa shape index (κ3) is 4.70. The molecule has 1 N–H and O–H groups in total. The summed E-state index contributed by atoms with van der Waals surface area (Å²) in [5.41, 5.74) is 0.758. The zero-order valence-corrected chi connectivity index (χ0v) is 19.6. The Balaban J connectivity index is 1.94. The lowest BCUT2D eigenvalue weighted by Crippen LogP contribution is -2.38. The number of hydrogen-bond acceptors (Lipinski definition) is 8. The largest absolute Gasteiger partial charge is 0.489 e. The molecule has 0 bridgehead atoms. The van der Waals surface area contributed by atoms with Crippen LogP contribution >= 0.6 is 11.3 Å². The van der Waals surface area contributed by atoms with E-state index in [2.05, 4.69) is 9.71 Å². The van der Waals surface area contributed by atoms with Gasteiger partial charge in [0.05, 0.1) is 21.7 Å². The normalized spacial score (nSPS) is 17.6. The third-order valence-electron chi connectivity index (χ3n) is 5.21. The molecule has 2 aromatic rings. The molecule has 30 heavy (non-hydrogen) atoms. The van der Waals surface area contributed by atoms with Gasteiger partial charge in [-0.25, -0.2) is 13.1 Å². The molecule has 0 radical (unpaired) electrons. The van der Waals surface area contributed by atoms with Gasteiger partial charge in [-0.15, -0.1) is 0 Å². The van der Waals surface area contributed by atoms with Crippen molar-refractivity contribution in [2.24, 2.45) is 0 Å². The van der Waals surface area contributed by atoms with Gasteiger partial charge in [0.25, 0.3) is 11.1 Å². The van der Waals surface area contributed by atoms with Gasteiger partial charge in [0.2, 0.25) is 10.0 Å². The molecular formula is C20H28N2O6S2. The molecule has 3 rings (SSSR count). The predicted octanol–water partition coefficient (Wildman–Crippen LogP) is 3.50. The summed E-state index contributed by atoms with van der Waals surface area (Å²) in [7, 11) is -2.13. The number of rotatable bonds is 9. The number of thiazole rings is 1. The number of hydrogen-bond donors (Lipinski definition) is 1. The molecule has 0 aliphatic heterocycles. The Morgan fingerprint density at radius 1 is 1.17 bits per heavy atom. The summed E-state index contributed by atoms with van der Waals surface area (Å²) in [6.07, 6.45) is 0.587. The monoisotopic (exact) mass is 456 g/mol. The van der Waals surface area contributed by atoms with Crippen LogP contribution in [0.2, 0.25) is 0 Å². The highest BCUT2D eigenvalue weighted by Gasteiger charge is 2.50. The SMILES string of the molecule is CO[C@@H](C)[C@@H](C)Oc1nc2c(OC(C)C)cc(C(=O)NS(=O)(=O)C3(C)CC3)cc2s1. The van der Waals surface area contributed by atoms with Gasteiger partial charge in [-0.05, 0) is 59.6 Å². The minimum atomic E-state index is -3.74. The molecule has 1 amide bonds. The first kappa shape index (κ1) is 22.8. The quantitative estimate of drug-likeness (QED) is 0.616. The van der Waals surface area contributed by atoms with Gasteiger partial charge in [0.1, 0.15) is 17.4 Å². The molecule has 1 fully saturated rings. The van der Waals surface area contributed by atoms with Crippen LogP contribution in [0.4, 0.5) is 0 Å². The third-order valence-corrected chi connectivity index (χ3v) is 8.27. The van der Waals surface area contributed by atoms with Gasteiger partial charge in [0.15, 0.2) is 0 Å². The van der Waals surface area contributed by atoms with Crippen LogP contribution in [-0.4, -0.2) is 49.5 Å². The summed E-state index contributed by atoms with van der Waals surface area (Å²) in [4.78, 5) is 17.2. The summed E-state index contributed by atoms with van der Waals surface area (Å²) < 4.78 is 43.9. The Labute approximate surface area is 181 Å². The highest BCUT2D eigenvalue weighted by molar-refractivity contribution is 7.91. The van der Waals surface area contributed by atoms with Gasteiger partial charge >= 0.3 is 0 Å². The maximum absolute atomic E-state index is 12.7. The second kappa shape index (κ2) is 8.32. The van der Waals surface area contributed by atoms with E-state index < -0.39 is 20.7 Å². The number of carbonyl (C=O) groups excluding carboxylic acids is 1. The van der Waals surface area contributed by atoms with Crippen molar-refractivity contribution in [2.45, 2.75) is 70.5 Å². The smallest absolute Gasteiger partial charge is 0.274 e. The molecule has 1 aliphatic carbocycles. The number of benzene rings is 1. The van der Waals surface area contributed by atoms with Crippen molar-refractivity contribution in [3.05, 3.63) is 17.7 Å². The van der Waals surface area contributed by atoms with E-state index in [1.807, 2.05) is 27.7 Å². The van der Waals surface area contributed by atoms with Gasteiger partial charge in [0, 0.05) is 12.7 Å². The molecule has 8 nitrogen and oxygen atoms in total. The summed E-state index contributed by atoms with van der Waals surface area (Å²) in [6, 6.07) is 3.13. The van der Waals surface area contributed by atoms with Crippen LogP contribution in [0.5, 0.6) is 10.9 Å². The molecule has 1 aliphatic rings. The van der Waals surface area contributed by atoms with Crippen molar-refractivity contribution in [3.63, 3.8) is 0 Å². The van der Waals surface area contributed by atoms with Crippen molar-refractivity contribution in [2.75, 3.05) is 7.11 Å². The van der Waals surface area contributed by atoms with E-state index in [0.717, 1.165) is 0 Å². The number of sulfonamides is 1. The first-order valence-corrected chi connectivity index (χ1v) is 12.1. The number of nitrogens with zero attached hydrogens (tertiary/aromatic N) is 1. The number of ether oxygens (including phenoxy) is 3. The van der Waals surface area contributed by atoms with E-state index in [0.29, 0.717) is 34.0 Å². The van der Waals surface area contributed by atoms with E-state index in [4.69, 9.17) is 14.2 Å². The maximum atomic E-state index is 12.7. The van der Waals surface area contributed by atoms with Gasteiger partial charge < -0.3 is 14.2 Å². The first-order valence-electron chi connectivity index (χ1n) is 9.83. The Hall–Kier alpha value is -1.91. The summed E-state index contributed by atoms with van der Waals surface area (Å²) >= 11 is 1.26. The van der Waals surface area contributed by atoms with Crippen LogP contribution < -0.4 is 14.2 Å². The molecule has 1 heterocycles. The van der Waals surface area contributed by atoms with E-state index in [1.54, 1.807) is 20.1 Å². The number of amides is 1.